The van der Waals surface area contributed by atoms with Gasteiger partial charge in [-0.05, 0) is 44.9 Å². The molecule has 1 aliphatic heterocycles. The topological polar surface area (TPSA) is 47.6 Å². The summed E-state index contributed by atoms with van der Waals surface area (Å²) in [6.45, 7) is 0.630. The lowest BCUT2D eigenvalue weighted by molar-refractivity contribution is -0.142. The van der Waals surface area contributed by atoms with E-state index in [0.717, 1.165) is 25.5 Å². The van der Waals surface area contributed by atoms with Gasteiger partial charge in [0.15, 0.2) is 0 Å². The zero-order valence-corrected chi connectivity index (χ0v) is 15.1. The van der Waals surface area contributed by atoms with E-state index in [1.165, 1.54) is 7.11 Å². The number of methoxy groups -OCH3 is 1. The average Bonchev–Trinajstić information content (AvgIpc) is 2.98. The molecule has 1 fully saturated rings. The Morgan fingerprint density at radius 1 is 1.27 bits per heavy atom. The van der Waals surface area contributed by atoms with E-state index in [2.05, 4.69) is 43.2 Å². The molecule has 0 aliphatic carbocycles. The molecule has 1 N–H and O–H groups in total. The minimum atomic E-state index is -0.287. The Hall–Kier alpha value is -1.11. The maximum absolute atomic E-state index is 11.5. The third-order valence-electron chi connectivity index (χ3n) is 3.75. The van der Waals surface area contributed by atoms with Gasteiger partial charge in [-0.25, -0.2) is 0 Å². The quantitative estimate of drug-likeness (QED) is 0.758. The second kappa shape index (κ2) is 6.56. The molecule has 0 amide bonds. The van der Waals surface area contributed by atoms with E-state index in [1.807, 2.05) is 24.3 Å². The van der Waals surface area contributed by atoms with E-state index in [-0.39, 0.29) is 18.1 Å². The first kappa shape index (κ1) is 15.8. The van der Waals surface area contributed by atoms with Crippen LogP contribution in [0.15, 0.2) is 39.3 Å². The zero-order chi connectivity index (χ0) is 15.7. The summed E-state index contributed by atoms with van der Waals surface area (Å²) >= 11 is 7.09. The van der Waals surface area contributed by atoms with Crippen molar-refractivity contribution in [2.75, 3.05) is 13.7 Å². The molecule has 0 bridgehead atoms. The highest BCUT2D eigenvalue weighted by Crippen LogP contribution is 2.35. The van der Waals surface area contributed by atoms with Crippen LogP contribution in [-0.2, 0) is 9.53 Å². The van der Waals surface area contributed by atoms with Crippen molar-refractivity contribution in [2.45, 2.75) is 18.6 Å². The van der Waals surface area contributed by atoms with E-state index in [4.69, 9.17) is 9.47 Å². The van der Waals surface area contributed by atoms with Crippen molar-refractivity contribution in [3.05, 3.63) is 39.3 Å². The third-order valence-corrected chi connectivity index (χ3v) is 5.06. The molecule has 0 saturated carbocycles. The van der Waals surface area contributed by atoms with E-state index < -0.39 is 0 Å². The number of hydrogen-bond donors (Lipinski definition) is 1. The van der Waals surface area contributed by atoms with Crippen LogP contribution in [0.1, 0.15) is 6.42 Å². The molecule has 0 unspecified atom stereocenters. The van der Waals surface area contributed by atoms with Crippen molar-refractivity contribution in [2.24, 2.45) is 0 Å². The van der Waals surface area contributed by atoms with E-state index >= 15 is 0 Å². The molecule has 2 atom stereocenters. The second-order valence-electron chi connectivity index (χ2n) is 5.20. The van der Waals surface area contributed by atoms with Crippen LogP contribution in [0, 0.1) is 0 Å². The number of carbonyl (C=O) groups excluding carboxylic acids is 1. The van der Waals surface area contributed by atoms with E-state index in [0.29, 0.717) is 13.0 Å². The summed E-state index contributed by atoms with van der Waals surface area (Å²) < 4.78 is 12.8. The summed E-state index contributed by atoms with van der Waals surface area (Å²) in [5.41, 5.74) is 0. The molecule has 1 saturated heterocycles. The number of hydrogen-bond acceptors (Lipinski definition) is 4. The summed E-state index contributed by atoms with van der Waals surface area (Å²) in [6, 6.07) is 9.80. The van der Waals surface area contributed by atoms with Gasteiger partial charge in [0, 0.05) is 17.4 Å². The van der Waals surface area contributed by atoms with Gasteiger partial charge in [0.1, 0.15) is 17.9 Å². The zero-order valence-electron chi connectivity index (χ0n) is 11.9. The minimum Gasteiger partial charge on any atom is -0.488 e. The van der Waals surface area contributed by atoms with Crippen LogP contribution in [0.4, 0.5) is 0 Å². The van der Waals surface area contributed by atoms with E-state index in [1.54, 1.807) is 0 Å². The highest BCUT2D eigenvalue weighted by atomic mass is 79.9. The SMILES string of the molecule is COC(=O)[C@@H]1C[C@H](Oc2ccc3cc(Br)ccc3c2Br)CN1. The number of carbonyl (C=O) groups is 1. The molecule has 1 heterocycles. The van der Waals surface area contributed by atoms with Crippen LogP contribution in [0.25, 0.3) is 10.8 Å². The molecular formula is C16H15Br2NO3. The van der Waals surface area contributed by atoms with Crippen LogP contribution < -0.4 is 10.1 Å². The number of ether oxygens (including phenoxy) is 2. The summed E-state index contributed by atoms with van der Waals surface area (Å²) in [7, 11) is 1.40. The lowest BCUT2D eigenvalue weighted by Gasteiger charge is -2.15. The van der Waals surface area contributed by atoms with Gasteiger partial charge in [0.05, 0.1) is 11.6 Å². The molecule has 22 heavy (non-hydrogen) atoms. The van der Waals surface area contributed by atoms with Crippen molar-refractivity contribution in [1.82, 2.24) is 5.32 Å². The number of nitrogens with one attached hydrogen (secondary N) is 1. The first-order valence-electron chi connectivity index (χ1n) is 6.94. The molecular weight excluding hydrogens is 414 g/mol. The van der Waals surface area contributed by atoms with Crippen LogP contribution in [0.2, 0.25) is 0 Å². The lowest BCUT2D eigenvalue weighted by atomic mass is 10.1. The van der Waals surface area contributed by atoms with Crippen molar-refractivity contribution < 1.29 is 14.3 Å². The monoisotopic (exact) mass is 427 g/mol. The average molecular weight is 429 g/mol. The second-order valence-corrected chi connectivity index (χ2v) is 6.91. The highest BCUT2D eigenvalue weighted by molar-refractivity contribution is 9.11. The van der Waals surface area contributed by atoms with Crippen molar-refractivity contribution in [3.8, 4) is 5.75 Å². The normalized spacial score (nSPS) is 21.0. The predicted octanol–water partition coefficient (Wildman–Crippen LogP) is 3.65. The Morgan fingerprint density at radius 3 is 2.86 bits per heavy atom. The van der Waals surface area contributed by atoms with Gasteiger partial charge >= 0.3 is 5.97 Å². The van der Waals surface area contributed by atoms with Crippen molar-refractivity contribution >= 4 is 48.6 Å². The maximum atomic E-state index is 11.5. The van der Waals surface area contributed by atoms with Gasteiger partial charge in [0.2, 0.25) is 0 Å². The van der Waals surface area contributed by atoms with Crippen LogP contribution >= 0.6 is 31.9 Å². The van der Waals surface area contributed by atoms with Gasteiger partial charge in [-0.2, -0.15) is 0 Å². The summed E-state index contributed by atoms with van der Waals surface area (Å²) in [4.78, 5) is 11.5. The van der Waals surface area contributed by atoms with Gasteiger partial charge in [-0.15, -0.1) is 0 Å². The molecule has 0 radical (unpaired) electrons. The Morgan fingerprint density at radius 2 is 2.09 bits per heavy atom. The first-order valence-corrected chi connectivity index (χ1v) is 8.52. The first-order chi connectivity index (χ1) is 10.6. The molecule has 4 nitrogen and oxygen atoms in total. The van der Waals surface area contributed by atoms with Gasteiger partial charge in [0.25, 0.3) is 0 Å². The standard InChI is InChI=1S/C16H15Br2NO3/c1-21-16(20)13-7-11(8-19-13)22-14-5-2-9-6-10(17)3-4-12(9)15(14)18/h2-6,11,13,19H,7-8H2,1H3/t11-,13-/m0/s1. The fourth-order valence-electron chi connectivity index (χ4n) is 2.63. The Kier molecular flexibility index (Phi) is 4.70. The van der Waals surface area contributed by atoms with Crippen molar-refractivity contribution in [3.63, 3.8) is 0 Å². The fraction of sp³-hybridized carbons (Fsp3) is 0.312. The molecule has 1 aliphatic rings. The molecule has 0 spiro atoms. The van der Waals surface area contributed by atoms with Gasteiger partial charge in [-0.3, -0.25) is 4.79 Å². The smallest absolute Gasteiger partial charge is 0.323 e. The molecule has 0 aromatic heterocycles. The van der Waals surface area contributed by atoms with Gasteiger partial charge in [-0.1, -0.05) is 28.1 Å². The number of halogens is 2. The number of benzene rings is 2. The summed E-state index contributed by atoms with van der Waals surface area (Å²) in [5.74, 6) is 0.542. The Balaban J connectivity index is 1.79. The number of fused-ring (bicyclic) bond motifs is 1. The summed E-state index contributed by atoms with van der Waals surface area (Å²) in [6.07, 6.45) is 0.561. The minimum absolute atomic E-state index is 0.0479. The summed E-state index contributed by atoms with van der Waals surface area (Å²) in [5, 5.41) is 5.34. The molecule has 3 rings (SSSR count). The van der Waals surface area contributed by atoms with Crippen LogP contribution in [0.3, 0.4) is 0 Å². The van der Waals surface area contributed by atoms with Crippen LogP contribution in [-0.4, -0.2) is 31.8 Å². The highest BCUT2D eigenvalue weighted by Gasteiger charge is 2.31. The predicted molar refractivity (Wildman–Crippen MR) is 92.2 cm³/mol. The maximum Gasteiger partial charge on any atom is 0.323 e. The van der Waals surface area contributed by atoms with Gasteiger partial charge < -0.3 is 14.8 Å². The van der Waals surface area contributed by atoms with E-state index in [9.17, 15) is 4.79 Å². The number of rotatable bonds is 3. The fourth-order valence-corrected chi connectivity index (χ4v) is 3.59. The van der Waals surface area contributed by atoms with Crippen molar-refractivity contribution in [1.29, 1.82) is 0 Å². The Labute approximate surface area is 145 Å². The molecule has 2 aromatic carbocycles. The van der Waals surface area contributed by atoms with Crippen LogP contribution in [0.5, 0.6) is 5.75 Å². The molecule has 116 valence electrons. The lowest BCUT2D eigenvalue weighted by Crippen LogP contribution is -2.31. The largest absolute Gasteiger partial charge is 0.488 e. The molecule has 6 heteroatoms. The number of esters is 1. The Bertz CT molecular complexity index is 720. The third kappa shape index (κ3) is 3.14. The molecule has 2 aromatic rings.